The van der Waals surface area contributed by atoms with Crippen LogP contribution in [-0.4, -0.2) is 24.3 Å². The van der Waals surface area contributed by atoms with Crippen molar-refractivity contribution >= 4 is 17.3 Å². The molecule has 0 aromatic heterocycles. The molecule has 4 nitrogen and oxygen atoms in total. The van der Waals surface area contributed by atoms with Crippen LogP contribution in [0.25, 0.3) is 0 Å². The number of amides is 1. The van der Waals surface area contributed by atoms with Gasteiger partial charge in [-0.3, -0.25) is 9.79 Å². The number of carbonyl (C=O) groups excluding carboxylic acids is 1. The fourth-order valence-corrected chi connectivity index (χ4v) is 3.59. The Morgan fingerprint density at radius 1 is 0.933 bits per heavy atom. The van der Waals surface area contributed by atoms with Gasteiger partial charge in [0.05, 0.1) is 12.3 Å². The van der Waals surface area contributed by atoms with E-state index >= 15 is 0 Å². The highest BCUT2D eigenvalue weighted by Gasteiger charge is 2.21. The lowest BCUT2D eigenvalue weighted by Crippen LogP contribution is -2.38. The number of hydrogen-bond donors (Lipinski definition) is 2. The van der Waals surface area contributed by atoms with E-state index in [1.54, 1.807) is 0 Å². The highest BCUT2D eigenvalue weighted by molar-refractivity contribution is 6.16. The quantitative estimate of drug-likeness (QED) is 0.653. The summed E-state index contributed by atoms with van der Waals surface area (Å²) >= 11 is 0. The summed E-state index contributed by atoms with van der Waals surface area (Å²) in [5.74, 6) is -0.121. The molecule has 0 saturated heterocycles. The van der Waals surface area contributed by atoms with Gasteiger partial charge in [0.25, 0.3) is 5.91 Å². The summed E-state index contributed by atoms with van der Waals surface area (Å²) in [6.07, 6.45) is -0.373. The molecule has 1 aliphatic heterocycles. The van der Waals surface area contributed by atoms with Crippen LogP contribution >= 0.6 is 0 Å². The molecule has 4 rings (SSSR count). The molecular weight excluding hydrogens is 370 g/mol. The van der Waals surface area contributed by atoms with Gasteiger partial charge in [0.15, 0.2) is 0 Å². The fraction of sp³-hybridized carbons (Fsp3) is 0.231. The van der Waals surface area contributed by atoms with Gasteiger partial charge in [-0.2, -0.15) is 0 Å². The van der Waals surface area contributed by atoms with Gasteiger partial charge in [-0.05, 0) is 29.2 Å². The third-order valence-electron chi connectivity index (χ3n) is 5.31. The Balaban J connectivity index is 1.61. The minimum Gasteiger partial charge on any atom is -0.380 e. The molecule has 0 bridgehead atoms. The monoisotopic (exact) mass is 397 g/mol. The highest BCUT2D eigenvalue weighted by Crippen LogP contribution is 2.24. The van der Waals surface area contributed by atoms with Crippen molar-refractivity contribution in [3.8, 4) is 0 Å². The van der Waals surface area contributed by atoms with E-state index in [1.807, 2.05) is 72.8 Å². The Labute approximate surface area is 178 Å². The normalized spacial score (nSPS) is 16.0. The summed E-state index contributed by atoms with van der Waals surface area (Å²) in [7, 11) is 0. The van der Waals surface area contributed by atoms with Crippen LogP contribution < -0.4 is 10.6 Å². The maximum Gasteiger partial charge on any atom is 0.252 e. The average molecular weight is 398 g/mol. The fourth-order valence-electron chi connectivity index (χ4n) is 3.59. The lowest BCUT2D eigenvalue weighted by atomic mass is 9.87. The van der Waals surface area contributed by atoms with E-state index in [0.29, 0.717) is 12.1 Å². The van der Waals surface area contributed by atoms with Crippen molar-refractivity contribution in [2.45, 2.75) is 32.4 Å². The first-order chi connectivity index (χ1) is 14.4. The van der Waals surface area contributed by atoms with Crippen LogP contribution in [-0.2, 0) is 5.41 Å². The maximum atomic E-state index is 12.9. The van der Waals surface area contributed by atoms with Crippen LogP contribution in [0.3, 0.4) is 0 Å². The molecule has 30 heavy (non-hydrogen) atoms. The number of fused-ring (bicyclic) bond motifs is 1. The van der Waals surface area contributed by atoms with E-state index in [-0.39, 0.29) is 17.5 Å². The van der Waals surface area contributed by atoms with Crippen LogP contribution in [0.5, 0.6) is 0 Å². The van der Waals surface area contributed by atoms with E-state index in [1.165, 1.54) is 5.56 Å². The molecule has 2 N–H and O–H groups in total. The second-order valence-electron chi connectivity index (χ2n) is 8.59. The van der Waals surface area contributed by atoms with E-state index in [2.05, 4.69) is 37.5 Å². The summed E-state index contributed by atoms with van der Waals surface area (Å²) in [4.78, 5) is 17.8. The zero-order chi connectivity index (χ0) is 21.1. The predicted molar refractivity (Wildman–Crippen MR) is 123 cm³/mol. The van der Waals surface area contributed by atoms with Gasteiger partial charge in [-0.25, -0.2) is 0 Å². The van der Waals surface area contributed by atoms with Crippen molar-refractivity contribution in [3.05, 3.63) is 101 Å². The van der Waals surface area contributed by atoms with Crippen molar-refractivity contribution in [1.82, 2.24) is 5.32 Å². The summed E-state index contributed by atoms with van der Waals surface area (Å²) in [6, 6.07) is 26.0. The molecule has 0 aliphatic carbocycles. The number of hydrogen-bond acceptors (Lipinski definition) is 3. The van der Waals surface area contributed by atoms with Crippen molar-refractivity contribution in [2.75, 3.05) is 11.9 Å². The minimum atomic E-state index is -0.373. The molecule has 1 amide bonds. The zero-order valence-corrected chi connectivity index (χ0v) is 17.6. The molecule has 4 heteroatoms. The van der Waals surface area contributed by atoms with Gasteiger partial charge in [-0.15, -0.1) is 0 Å². The smallest absolute Gasteiger partial charge is 0.252 e. The van der Waals surface area contributed by atoms with Gasteiger partial charge in [0, 0.05) is 22.4 Å². The number of nitrogens with zero attached hydrogens (tertiary/aromatic N) is 1. The maximum absolute atomic E-state index is 12.9. The van der Waals surface area contributed by atoms with E-state index in [0.717, 1.165) is 22.5 Å². The van der Waals surface area contributed by atoms with Crippen molar-refractivity contribution in [2.24, 2.45) is 4.99 Å². The average Bonchev–Trinajstić information content (AvgIpc) is 2.94. The molecule has 3 aromatic carbocycles. The Morgan fingerprint density at radius 3 is 2.30 bits per heavy atom. The molecule has 0 radical (unpaired) electrons. The molecule has 1 unspecified atom stereocenters. The van der Waals surface area contributed by atoms with E-state index in [4.69, 9.17) is 4.99 Å². The molecule has 0 spiro atoms. The second kappa shape index (κ2) is 8.15. The summed E-state index contributed by atoms with van der Waals surface area (Å²) in [6.45, 7) is 7.02. The first-order valence-electron chi connectivity index (χ1n) is 10.3. The van der Waals surface area contributed by atoms with Crippen molar-refractivity contribution in [1.29, 1.82) is 0 Å². The highest BCUT2D eigenvalue weighted by atomic mass is 16.1. The Hall–Kier alpha value is -3.40. The van der Waals surface area contributed by atoms with Crippen LogP contribution in [0, 0.1) is 0 Å². The summed E-state index contributed by atoms with van der Waals surface area (Å²) in [5.41, 5.74) is 5.87. The number of rotatable bonds is 3. The van der Waals surface area contributed by atoms with Crippen LogP contribution in [0.1, 0.15) is 47.8 Å². The number of carbonyl (C=O) groups is 1. The first kappa shape index (κ1) is 19.9. The Kier molecular flexibility index (Phi) is 5.40. The molecule has 152 valence electrons. The third kappa shape index (κ3) is 4.28. The molecule has 1 heterocycles. The van der Waals surface area contributed by atoms with Crippen LogP contribution in [0.4, 0.5) is 5.69 Å². The molecule has 1 aliphatic rings. The summed E-state index contributed by atoms with van der Waals surface area (Å²) < 4.78 is 0. The topological polar surface area (TPSA) is 53.5 Å². The van der Waals surface area contributed by atoms with E-state index < -0.39 is 0 Å². The van der Waals surface area contributed by atoms with Gasteiger partial charge >= 0.3 is 0 Å². The Morgan fingerprint density at radius 2 is 1.60 bits per heavy atom. The van der Waals surface area contributed by atoms with Gasteiger partial charge in [-0.1, -0.05) is 81.4 Å². The number of benzodiazepines with no additional fused rings is 1. The first-order valence-corrected chi connectivity index (χ1v) is 10.3. The van der Waals surface area contributed by atoms with E-state index in [9.17, 15) is 4.79 Å². The van der Waals surface area contributed by atoms with Crippen LogP contribution in [0.15, 0.2) is 83.9 Å². The molecular formula is C26H27N3O. The predicted octanol–water partition coefficient (Wildman–Crippen LogP) is 5.00. The molecule has 1 atom stereocenters. The molecule has 0 saturated carbocycles. The van der Waals surface area contributed by atoms with Gasteiger partial charge < -0.3 is 10.6 Å². The number of aliphatic imine (C=N–C) groups is 1. The molecule has 0 fully saturated rings. The zero-order valence-electron chi connectivity index (χ0n) is 17.6. The standard InChI is InChI=1S/C26H27N3O/c1-26(2,3)20-15-13-19(14-16-20)25(30)29-23-17-27-22-12-8-7-11-21(22)24(28-23)18-9-5-4-6-10-18/h4-16,23,27H,17H2,1-3H3,(H,29,30). The van der Waals surface area contributed by atoms with Gasteiger partial charge in [0.2, 0.25) is 0 Å². The lowest BCUT2D eigenvalue weighted by Gasteiger charge is -2.19. The molecule has 3 aromatic rings. The van der Waals surface area contributed by atoms with Gasteiger partial charge in [0.1, 0.15) is 6.17 Å². The SMILES string of the molecule is CC(C)(C)c1ccc(C(=O)NC2CNc3ccccc3C(c3ccccc3)=N2)cc1. The number of nitrogens with one attached hydrogen (secondary N) is 2. The number of para-hydroxylation sites is 1. The minimum absolute atomic E-state index is 0.0564. The lowest BCUT2D eigenvalue weighted by molar-refractivity contribution is 0.0940. The Bertz CT molecular complexity index is 1060. The number of benzene rings is 3. The summed E-state index contributed by atoms with van der Waals surface area (Å²) in [5, 5.41) is 6.51. The number of anilines is 1. The largest absolute Gasteiger partial charge is 0.380 e. The third-order valence-corrected chi connectivity index (χ3v) is 5.31. The van der Waals surface area contributed by atoms with Crippen molar-refractivity contribution < 1.29 is 4.79 Å². The second-order valence-corrected chi connectivity index (χ2v) is 8.59. The van der Waals surface area contributed by atoms with Crippen LogP contribution in [0.2, 0.25) is 0 Å². The van der Waals surface area contributed by atoms with Crippen molar-refractivity contribution in [3.63, 3.8) is 0 Å².